The summed E-state index contributed by atoms with van der Waals surface area (Å²) < 4.78 is 17.6. The SMILES string of the molecule is COC(=O)C1CCN(C(=O)c2csc(NC(=O)Nc3ccc(F)cc3)n2)CC1. The molecule has 0 atom stereocenters. The van der Waals surface area contributed by atoms with Gasteiger partial charge in [-0.2, -0.15) is 0 Å². The van der Waals surface area contributed by atoms with Crippen molar-refractivity contribution < 1.29 is 23.5 Å². The lowest BCUT2D eigenvalue weighted by molar-refractivity contribution is -0.146. The zero-order valence-electron chi connectivity index (χ0n) is 15.1. The normalized spacial score (nSPS) is 14.4. The van der Waals surface area contributed by atoms with Gasteiger partial charge in [-0.15, -0.1) is 11.3 Å². The van der Waals surface area contributed by atoms with Gasteiger partial charge >= 0.3 is 12.0 Å². The van der Waals surface area contributed by atoms with Crippen LogP contribution >= 0.6 is 11.3 Å². The predicted octanol–water partition coefficient (Wildman–Crippen LogP) is 2.95. The van der Waals surface area contributed by atoms with Crippen LogP contribution in [0, 0.1) is 11.7 Å². The van der Waals surface area contributed by atoms with E-state index in [9.17, 15) is 18.8 Å². The van der Waals surface area contributed by atoms with E-state index >= 15 is 0 Å². The van der Waals surface area contributed by atoms with Crippen LogP contribution in [0.2, 0.25) is 0 Å². The van der Waals surface area contributed by atoms with Gasteiger partial charge in [-0.3, -0.25) is 14.9 Å². The molecule has 0 bridgehead atoms. The highest BCUT2D eigenvalue weighted by atomic mass is 32.1. The Balaban J connectivity index is 1.53. The highest BCUT2D eigenvalue weighted by molar-refractivity contribution is 7.14. The van der Waals surface area contributed by atoms with Crippen molar-refractivity contribution in [1.29, 1.82) is 0 Å². The molecule has 2 aromatic rings. The van der Waals surface area contributed by atoms with E-state index < -0.39 is 11.8 Å². The first-order valence-electron chi connectivity index (χ1n) is 8.62. The van der Waals surface area contributed by atoms with Crippen molar-refractivity contribution in [3.8, 4) is 0 Å². The third-order valence-corrected chi connectivity index (χ3v) is 5.12. The molecule has 8 nitrogen and oxygen atoms in total. The second kappa shape index (κ2) is 8.79. The first-order valence-corrected chi connectivity index (χ1v) is 9.50. The quantitative estimate of drug-likeness (QED) is 0.761. The summed E-state index contributed by atoms with van der Waals surface area (Å²) in [5.41, 5.74) is 0.666. The number of carbonyl (C=O) groups is 3. The fourth-order valence-corrected chi connectivity index (χ4v) is 3.55. The van der Waals surface area contributed by atoms with Crippen LogP contribution in [0.4, 0.5) is 20.0 Å². The number of nitrogens with zero attached hydrogens (tertiary/aromatic N) is 2. The van der Waals surface area contributed by atoms with E-state index in [-0.39, 0.29) is 28.6 Å². The second-order valence-electron chi connectivity index (χ2n) is 6.21. The van der Waals surface area contributed by atoms with E-state index in [0.29, 0.717) is 31.6 Å². The number of esters is 1. The van der Waals surface area contributed by atoms with Gasteiger partial charge in [0.1, 0.15) is 11.5 Å². The van der Waals surface area contributed by atoms with E-state index in [1.807, 2.05) is 0 Å². The van der Waals surface area contributed by atoms with Crippen molar-refractivity contribution in [2.45, 2.75) is 12.8 Å². The van der Waals surface area contributed by atoms with Gasteiger partial charge in [-0.25, -0.2) is 14.2 Å². The van der Waals surface area contributed by atoms with Crippen LogP contribution in [-0.4, -0.2) is 48.0 Å². The Kier molecular flexibility index (Phi) is 6.19. The zero-order chi connectivity index (χ0) is 20.1. The largest absolute Gasteiger partial charge is 0.469 e. The molecule has 0 saturated carbocycles. The summed E-state index contributed by atoms with van der Waals surface area (Å²) in [6.07, 6.45) is 1.10. The Bertz CT molecular complexity index is 863. The molecule has 1 saturated heterocycles. The molecule has 10 heteroatoms. The van der Waals surface area contributed by atoms with Gasteiger partial charge in [-0.1, -0.05) is 0 Å². The van der Waals surface area contributed by atoms with Crippen LogP contribution < -0.4 is 10.6 Å². The predicted molar refractivity (Wildman–Crippen MR) is 102 cm³/mol. The lowest BCUT2D eigenvalue weighted by atomic mass is 9.97. The fraction of sp³-hybridized carbons (Fsp3) is 0.333. The molecule has 1 aliphatic rings. The first-order chi connectivity index (χ1) is 13.5. The number of methoxy groups -OCH3 is 1. The number of thiazole rings is 1. The molecule has 3 amide bonds. The molecule has 2 heterocycles. The number of amides is 3. The summed E-state index contributed by atoms with van der Waals surface area (Å²) in [7, 11) is 1.36. The molecule has 28 heavy (non-hydrogen) atoms. The van der Waals surface area contributed by atoms with Gasteiger partial charge in [0.15, 0.2) is 5.13 Å². The van der Waals surface area contributed by atoms with Gasteiger partial charge in [0.2, 0.25) is 0 Å². The second-order valence-corrected chi connectivity index (χ2v) is 7.07. The average molecular weight is 406 g/mol. The maximum absolute atomic E-state index is 12.9. The average Bonchev–Trinajstić information content (AvgIpc) is 3.17. The Morgan fingerprint density at radius 2 is 1.86 bits per heavy atom. The highest BCUT2D eigenvalue weighted by Crippen LogP contribution is 2.22. The number of ether oxygens (including phenoxy) is 1. The lowest BCUT2D eigenvalue weighted by Crippen LogP contribution is -2.40. The van der Waals surface area contributed by atoms with E-state index in [1.54, 1.807) is 10.3 Å². The standard InChI is InChI=1S/C18H19FN4O4S/c1-27-16(25)11-6-8-23(9-7-11)15(24)14-10-28-18(21-14)22-17(26)20-13-4-2-12(19)3-5-13/h2-5,10-11H,6-9H2,1H3,(H2,20,21,22,26). The number of nitrogens with one attached hydrogen (secondary N) is 2. The summed E-state index contributed by atoms with van der Waals surface area (Å²) in [5, 5.41) is 6.94. The maximum Gasteiger partial charge on any atom is 0.325 e. The Morgan fingerprint density at radius 3 is 2.50 bits per heavy atom. The van der Waals surface area contributed by atoms with Gasteiger partial charge in [0.25, 0.3) is 5.91 Å². The smallest absolute Gasteiger partial charge is 0.325 e. The maximum atomic E-state index is 12.9. The molecule has 1 aromatic carbocycles. The first kappa shape index (κ1) is 19.7. The minimum atomic E-state index is -0.543. The number of hydrogen-bond acceptors (Lipinski definition) is 6. The number of carbonyl (C=O) groups excluding carboxylic acids is 3. The van der Waals surface area contributed by atoms with Crippen LogP contribution in [-0.2, 0) is 9.53 Å². The van der Waals surface area contributed by atoms with Gasteiger partial charge < -0.3 is 15.0 Å². The van der Waals surface area contributed by atoms with Crippen molar-refractivity contribution in [2.75, 3.05) is 30.8 Å². The molecule has 1 aliphatic heterocycles. The number of piperidine rings is 1. The molecule has 0 aliphatic carbocycles. The molecule has 1 fully saturated rings. The summed E-state index contributed by atoms with van der Waals surface area (Å²) in [4.78, 5) is 41.9. The van der Waals surface area contributed by atoms with E-state index in [2.05, 4.69) is 15.6 Å². The number of anilines is 2. The Labute approximate surface area is 164 Å². The minimum absolute atomic E-state index is 0.183. The number of aromatic nitrogens is 1. The Morgan fingerprint density at radius 1 is 1.18 bits per heavy atom. The molecule has 148 valence electrons. The minimum Gasteiger partial charge on any atom is -0.469 e. The van der Waals surface area contributed by atoms with Crippen molar-refractivity contribution in [3.63, 3.8) is 0 Å². The number of benzene rings is 1. The summed E-state index contributed by atoms with van der Waals surface area (Å²) >= 11 is 1.13. The summed E-state index contributed by atoms with van der Waals surface area (Å²) in [6.45, 7) is 0.897. The number of likely N-dealkylation sites (tertiary alicyclic amines) is 1. The third kappa shape index (κ3) is 4.83. The van der Waals surface area contributed by atoms with Crippen molar-refractivity contribution in [2.24, 2.45) is 5.92 Å². The molecule has 1 aromatic heterocycles. The lowest BCUT2D eigenvalue weighted by Gasteiger charge is -2.30. The topological polar surface area (TPSA) is 101 Å². The molecule has 3 rings (SSSR count). The van der Waals surface area contributed by atoms with Crippen LogP contribution in [0.3, 0.4) is 0 Å². The van der Waals surface area contributed by atoms with Crippen molar-refractivity contribution in [3.05, 3.63) is 41.2 Å². The molecular formula is C18H19FN4O4S. The van der Waals surface area contributed by atoms with Crippen molar-refractivity contribution >= 4 is 40.1 Å². The van der Waals surface area contributed by atoms with Crippen LogP contribution in [0.15, 0.2) is 29.6 Å². The van der Waals surface area contributed by atoms with Crippen LogP contribution in [0.25, 0.3) is 0 Å². The third-order valence-electron chi connectivity index (χ3n) is 4.36. The number of urea groups is 1. The Hall–Kier alpha value is -3.01. The molecule has 0 radical (unpaired) electrons. The number of rotatable bonds is 4. The number of hydrogen-bond donors (Lipinski definition) is 2. The molecule has 2 N–H and O–H groups in total. The van der Waals surface area contributed by atoms with E-state index in [4.69, 9.17) is 4.74 Å². The fourth-order valence-electron chi connectivity index (χ4n) is 2.87. The van der Waals surface area contributed by atoms with E-state index in [0.717, 1.165) is 11.3 Å². The zero-order valence-corrected chi connectivity index (χ0v) is 15.9. The molecule has 0 unspecified atom stereocenters. The van der Waals surface area contributed by atoms with E-state index in [1.165, 1.54) is 31.4 Å². The molecular weight excluding hydrogens is 387 g/mol. The van der Waals surface area contributed by atoms with Gasteiger partial charge in [0, 0.05) is 24.2 Å². The van der Waals surface area contributed by atoms with Gasteiger partial charge in [0.05, 0.1) is 13.0 Å². The van der Waals surface area contributed by atoms with Crippen molar-refractivity contribution in [1.82, 2.24) is 9.88 Å². The van der Waals surface area contributed by atoms with Gasteiger partial charge in [-0.05, 0) is 37.1 Å². The van der Waals surface area contributed by atoms with Crippen LogP contribution in [0.1, 0.15) is 23.3 Å². The monoisotopic (exact) mass is 406 g/mol. The highest BCUT2D eigenvalue weighted by Gasteiger charge is 2.29. The molecule has 0 spiro atoms. The van der Waals surface area contributed by atoms with Crippen LogP contribution in [0.5, 0.6) is 0 Å². The summed E-state index contributed by atoms with van der Waals surface area (Å²) in [5.74, 6) is -1.08. The number of halogens is 1. The summed E-state index contributed by atoms with van der Waals surface area (Å²) in [6, 6.07) is 4.80.